The molecule has 0 aliphatic carbocycles. The zero-order valence-electron chi connectivity index (χ0n) is 11.3. The third kappa shape index (κ3) is 3.97. The van der Waals surface area contributed by atoms with Crippen LogP contribution in [0.4, 0.5) is 5.69 Å². The van der Waals surface area contributed by atoms with Gasteiger partial charge in [0.05, 0.1) is 5.69 Å². The van der Waals surface area contributed by atoms with Gasteiger partial charge in [-0.3, -0.25) is 4.99 Å². The molecule has 0 heterocycles. The van der Waals surface area contributed by atoms with Crippen molar-refractivity contribution in [1.82, 2.24) is 0 Å². The number of aryl methyl sites for hydroxylation is 1. The van der Waals surface area contributed by atoms with E-state index in [2.05, 4.69) is 11.6 Å². The molecule has 20 heavy (non-hydrogen) atoms. The number of halogens is 1. The minimum atomic E-state index is 0.509. The summed E-state index contributed by atoms with van der Waals surface area (Å²) < 4.78 is 5.43. The van der Waals surface area contributed by atoms with Gasteiger partial charge in [0, 0.05) is 11.2 Å². The first kappa shape index (κ1) is 14.4. The van der Waals surface area contributed by atoms with Crippen molar-refractivity contribution >= 4 is 23.5 Å². The summed E-state index contributed by atoms with van der Waals surface area (Å²) in [6.07, 6.45) is 3.53. The average molecular weight is 286 g/mol. The van der Waals surface area contributed by atoms with Crippen LogP contribution in [0, 0.1) is 6.92 Å². The van der Waals surface area contributed by atoms with Gasteiger partial charge in [-0.05, 0) is 54.4 Å². The minimum Gasteiger partial charge on any atom is -0.490 e. The zero-order valence-corrected chi connectivity index (χ0v) is 12.1. The molecule has 0 saturated heterocycles. The SMILES string of the molecule is C=CCOc1ccc(C=Nc2cc(Cl)ccc2C)cc1. The molecule has 3 heteroatoms. The van der Waals surface area contributed by atoms with E-state index in [0.29, 0.717) is 11.6 Å². The molecule has 0 aromatic heterocycles. The Labute approximate surface area is 124 Å². The maximum atomic E-state index is 5.97. The Morgan fingerprint density at radius 1 is 1.20 bits per heavy atom. The van der Waals surface area contributed by atoms with Gasteiger partial charge in [0.15, 0.2) is 0 Å². The third-order valence-electron chi connectivity index (χ3n) is 2.77. The Morgan fingerprint density at radius 2 is 1.95 bits per heavy atom. The topological polar surface area (TPSA) is 21.6 Å². The van der Waals surface area contributed by atoms with Gasteiger partial charge in [-0.15, -0.1) is 0 Å². The maximum absolute atomic E-state index is 5.97. The predicted molar refractivity (Wildman–Crippen MR) is 85.6 cm³/mol. The van der Waals surface area contributed by atoms with Crippen LogP contribution in [0.2, 0.25) is 5.02 Å². The molecule has 0 aliphatic heterocycles. The number of rotatable bonds is 5. The number of hydrogen-bond donors (Lipinski definition) is 0. The van der Waals surface area contributed by atoms with E-state index < -0.39 is 0 Å². The average Bonchev–Trinajstić information content (AvgIpc) is 2.47. The van der Waals surface area contributed by atoms with Crippen molar-refractivity contribution in [3.8, 4) is 5.75 Å². The van der Waals surface area contributed by atoms with Gasteiger partial charge < -0.3 is 4.74 Å². The molecular weight excluding hydrogens is 270 g/mol. The highest BCUT2D eigenvalue weighted by Crippen LogP contribution is 2.23. The zero-order chi connectivity index (χ0) is 14.4. The van der Waals surface area contributed by atoms with E-state index in [1.165, 1.54) is 0 Å². The first-order valence-corrected chi connectivity index (χ1v) is 6.71. The molecule has 0 atom stereocenters. The first-order valence-electron chi connectivity index (χ1n) is 6.33. The van der Waals surface area contributed by atoms with Crippen LogP contribution in [0.5, 0.6) is 5.75 Å². The van der Waals surface area contributed by atoms with Crippen LogP contribution < -0.4 is 4.74 Å². The molecule has 0 radical (unpaired) electrons. The second-order valence-corrected chi connectivity index (χ2v) is 4.79. The lowest BCUT2D eigenvalue weighted by Crippen LogP contribution is -1.92. The lowest BCUT2D eigenvalue weighted by Gasteiger charge is -2.03. The highest BCUT2D eigenvalue weighted by Gasteiger charge is 1.97. The summed E-state index contributed by atoms with van der Waals surface area (Å²) in [7, 11) is 0. The number of nitrogens with zero attached hydrogens (tertiary/aromatic N) is 1. The van der Waals surface area contributed by atoms with Crippen LogP contribution in [-0.4, -0.2) is 12.8 Å². The van der Waals surface area contributed by atoms with E-state index in [-0.39, 0.29) is 0 Å². The Kier molecular flexibility index (Phi) is 4.97. The van der Waals surface area contributed by atoms with Gasteiger partial charge in [-0.1, -0.05) is 30.3 Å². The van der Waals surface area contributed by atoms with Gasteiger partial charge in [-0.2, -0.15) is 0 Å². The van der Waals surface area contributed by atoms with Gasteiger partial charge in [0.25, 0.3) is 0 Å². The van der Waals surface area contributed by atoms with E-state index in [1.807, 2.05) is 55.6 Å². The molecule has 2 nitrogen and oxygen atoms in total. The maximum Gasteiger partial charge on any atom is 0.119 e. The molecule has 102 valence electrons. The summed E-state index contributed by atoms with van der Waals surface area (Å²) in [5, 5.41) is 0.691. The number of aliphatic imine (C=N–C) groups is 1. The van der Waals surface area contributed by atoms with Crippen molar-refractivity contribution in [1.29, 1.82) is 0 Å². The first-order chi connectivity index (χ1) is 9.69. The summed E-state index contributed by atoms with van der Waals surface area (Å²) >= 11 is 5.97. The van der Waals surface area contributed by atoms with E-state index >= 15 is 0 Å². The molecule has 0 unspecified atom stereocenters. The van der Waals surface area contributed by atoms with Crippen molar-refractivity contribution in [3.63, 3.8) is 0 Å². The van der Waals surface area contributed by atoms with Crippen LogP contribution in [0.25, 0.3) is 0 Å². The van der Waals surface area contributed by atoms with Gasteiger partial charge in [0.1, 0.15) is 12.4 Å². The molecule has 2 aromatic carbocycles. The summed E-state index contributed by atoms with van der Waals surface area (Å²) in [5.74, 6) is 0.820. The van der Waals surface area contributed by atoms with Gasteiger partial charge in [0.2, 0.25) is 0 Å². The van der Waals surface area contributed by atoms with Crippen molar-refractivity contribution in [2.24, 2.45) is 4.99 Å². The molecule has 0 saturated carbocycles. The van der Waals surface area contributed by atoms with Crippen LogP contribution in [0.3, 0.4) is 0 Å². The van der Waals surface area contributed by atoms with Crippen LogP contribution in [-0.2, 0) is 0 Å². The predicted octanol–water partition coefficient (Wildman–Crippen LogP) is 4.96. The lowest BCUT2D eigenvalue weighted by molar-refractivity contribution is 0.363. The van der Waals surface area contributed by atoms with Crippen molar-refractivity contribution < 1.29 is 4.74 Å². The fourth-order valence-electron chi connectivity index (χ4n) is 1.67. The third-order valence-corrected chi connectivity index (χ3v) is 3.01. The van der Waals surface area contributed by atoms with Gasteiger partial charge >= 0.3 is 0 Å². The standard InChI is InChI=1S/C17H16ClNO/c1-3-10-20-16-8-5-14(6-9-16)12-19-17-11-15(18)7-4-13(17)2/h3-9,11-12H,1,10H2,2H3. The number of ether oxygens (including phenoxy) is 1. The van der Waals surface area contributed by atoms with Crippen LogP contribution >= 0.6 is 11.6 Å². The highest BCUT2D eigenvalue weighted by molar-refractivity contribution is 6.30. The molecule has 0 fully saturated rings. The Morgan fingerprint density at radius 3 is 2.65 bits per heavy atom. The van der Waals surface area contributed by atoms with E-state index in [0.717, 1.165) is 22.6 Å². The summed E-state index contributed by atoms with van der Waals surface area (Å²) in [6.45, 7) is 6.13. The number of benzene rings is 2. The normalized spacial score (nSPS) is 10.7. The number of hydrogen-bond acceptors (Lipinski definition) is 2. The molecule has 2 aromatic rings. The van der Waals surface area contributed by atoms with Gasteiger partial charge in [-0.25, -0.2) is 0 Å². The molecule has 0 aliphatic rings. The molecule has 2 rings (SSSR count). The van der Waals surface area contributed by atoms with E-state index in [1.54, 1.807) is 6.08 Å². The summed E-state index contributed by atoms with van der Waals surface area (Å²) in [5.41, 5.74) is 2.98. The quantitative estimate of drug-likeness (QED) is 0.562. The minimum absolute atomic E-state index is 0.509. The summed E-state index contributed by atoms with van der Waals surface area (Å²) in [4.78, 5) is 4.46. The molecule has 0 N–H and O–H groups in total. The fraction of sp³-hybridized carbons (Fsp3) is 0.118. The molecule has 0 bridgehead atoms. The smallest absolute Gasteiger partial charge is 0.119 e. The van der Waals surface area contributed by atoms with Crippen LogP contribution in [0.1, 0.15) is 11.1 Å². The lowest BCUT2D eigenvalue weighted by atomic mass is 10.2. The second-order valence-electron chi connectivity index (χ2n) is 4.36. The van der Waals surface area contributed by atoms with Crippen molar-refractivity contribution in [2.75, 3.05) is 6.61 Å². The molecular formula is C17H16ClNO. The fourth-order valence-corrected chi connectivity index (χ4v) is 1.84. The Hall–Kier alpha value is -2.06. The van der Waals surface area contributed by atoms with Crippen molar-refractivity contribution in [2.45, 2.75) is 6.92 Å². The Bertz CT molecular complexity index is 617. The van der Waals surface area contributed by atoms with Crippen molar-refractivity contribution in [3.05, 3.63) is 71.3 Å². The monoisotopic (exact) mass is 285 g/mol. The molecule has 0 spiro atoms. The summed E-state index contributed by atoms with van der Waals surface area (Å²) in [6, 6.07) is 13.4. The highest BCUT2D eigenvalue weighted by atomic mass is 35.5. The van der Waals surface area contributed by atoms with Crippen LogP contribution in [0.15, 0.2) is 60.1 Å². The van der Waals surface area contributed by atoms with E-state index in [9.17, 15) is 0 Å². The Balaban J connectivity index is 2.11. The largest absolute Gasteiger partial charge is 0.490 e. The van der Waals surface area contributed by atoms with E-state index in [4.69, 9.17) is 16.3 Å². The second kappa shape index (κ2) is 6.92. The molecule has 0 amide bonds.